The van der Waals surface area contributed by atoms with Crippen molar-refractivity contribution in [3.63, 3.8) is 0 Å². The molecule has 0 saturated heterocycles. The maximum Gasteiger partial charge on any atom is 0.220 e. The van der Waals surface area contributed by atoms with E-state index in [1.807, 2.05) is 19.3 Å². The van der Waals surface area contributed by atoms with E-state index in [4.69, 9.17) is 4.74 Å². The summed E-state index contributed by atoms with van der Waals surface area (Å²) in [6, 6.07) is 4.26. The van der Waals surface area contributed by atoms with Crippen LogP contribution in [0.4, 0.5) is 0 Å². The molecule has 138 valence electrons. The van der Waals surface area contributed by atoms with E-state index >= 15 is 0 Å². The zero-order chi connectivity index (χ0) is 18.1. The number of aryl methyl sites for hydroxylation is 2. The highest BCUT2D eigenvalue weighted by Crippen LogP contribution is 2.47. The molecule has 2 atom stereocenters. The number of rotatable bonds is 5. The molecule has 1 unspecified atom stereocenters. The van der Waals surface area contributed by atoms with Crippen LogP contribution in [0.15, 0.2) is 24.5 Å². The minimum absolute atomic E-state index is 0.156. The second kappa shape index (κ2) is 7.31. The summed E-state index contributed by atoms with van der Waals surface area (Å²) < 4.78 is 6.16. The van der Waals surface area contributed by atoms with Crippen molar-refractivity contribution in [2.24, 2.45) is 5.92 Å². The van der Waals surface area contributed by atoms with E-state index in [1.165, 1.54) is 11.3 Å². The monoisotopic (exact) mass is 353 g/mol. The fraction of sp³-hybridized carbons (Fsp3) is 0.571. The predicted molar refractivity (Wildman–Crippen MR) is 99.3 cm³/mol. The van der Waals surface area contributed by atoms with Crippen molar-refractivity contribution in [2.75, 3.05) is 6.61 Å². The van der Waals surface area contributed by atoms with Crippen molar-refractivity contribution in [1.82, 2.24) is 15.0 Å². The first-order chi connectivity index (χ1) is 12.6. The molecule has 2 aromatic rings. The normalized spacial score (nSPS) is 28.0. The van der Waals surface area contributed by atoms with Crippen LogP contribution in [0.25, 0.3) is 0 Å². The number of pyridine rings is 1. The maximum absolute atomic E-state index is 9.76. The standard InChI is InChI=1S/C21H27N3O2/c1-13-3-8-20(23-10-13)18-9-16(18)12-26-21-19(11-22-14(2)24-21)15-4-6-17(25)7-5-15/h3,8,10-11,15-18,25H,4-7,9,12H2,1-2H3/t15?,16-,17?,18?/m1/s1. The summed E-state index contributed by atoms with van der Waals surface area (Å²) in [6.07, 6.45) is 8.48. The Hall–Kier alpha value is -2.01. The van der Waals surface area contributed by atoms with Gasteiger partial charge in [0.05, 0.1) is 12.7 Å². The molecular formula is C21H27N3O2. The zero-order valence-corrected chi connectivity index (χ0v) is 15.6. The molecule has 4 rings (SSSR count). The minimum atomic E-state index is -0.156. The first-order valence-corrected chi connectivity index (χ1v) is 9.67. The van der Waals surface area contributed by atoms with E-state index < -0.39 is 0 Å². The van der Waals surface area contributed by atoms with Gasteiger partial charge in [-0.3, -0.25) is 4.98 Å². The summed E-state index contributed by atoms with van der Waals surface area (Å²) in [5, 5.41) is 9.76. The van der Waals surface area contributed by atoms with Gasteiger partial charge in [-0.15, -0.1) is 0 Å². The second-order valence-electron chi connectivity index (χ2n) is 7.86. The Morgan fingerprint density at radius 3 is 2.62 bits per heavy atom. The summed E-state index contributed by atoms with van der Waals surface area (Å²) in [7, 11) is 0. The van der Waals surface area contributed by atoms with Crippen LogP contribution < -0.4 is 4.74 Å². The van der Waals surface area contributed by atoms with Crippen LogP contribution in [0.1, 0.15) is 66.6 Å². The third kappa shape index (κ3) is 3.88. The van der Waals surface area contributed by atoms with Gasteiger partial charge in [0, 0.05) is 35.5 Å². The molecule has 0 aromatic carbocycles. The van der Waals surface area contributed by atoms with Crippen molar-refractivity contribution in [3.05, 3.63) is 47.2 Å². The molecule has 2 saturated carbocycles. The van der Waals surface area contributed by atoms with Gasteiger partial charge >= 0.3 is 0 Å². The highest BCUT2D eigenvalue weighted by molar-refractivity contribution is 5.29. The van der Waals surface area contributed by atoms with Crippen LogP contribution in [0.2, 0.25) is 0 Å². The van der Waals surface area contributed by atoms with Gasteiger partial charge in [0.25, 0.3) is 0 Å². The van der Waals surface area contributed by atoms with Crippen molar-refractivity contribution >= 4 is 0 Å². The van der Waals surface area contributed by atoms with E-state index in [-0.39, 0.29) is 6.10 Å². The predicted octanol–water partition coefficient (Wildman–Crippen LogP) is 3.69. The van der Waals surface area contributed by atoms with E-state index in [2.05, 4.69) is 34.0 Å². The molecule has 0 radical (unpaired) electrons. The Labute approximate surface area is 154 Å². The van der Waals surface area contributed by atoms with Crippen LogP contribution in [0, 0.1) is 19.8 Å². The van der Waals surface area contributed by atoms with Crippen LogP contribution >= 0.6 is 0 Å². The van der Waals surface area contributed by atoms with Crippen LogP contribution in [-0.4, -0.2) is 32.8 Å². The number of aromatic nitrogens is 3. The molecule has 0 aliphatic heterocycles. The molecule has 2 aromatic heterocycles. The van der Waals surface area contributed by atoms with Crippen molar-refractivity contribution < 1.29 is 9.84 Å². The van der Waals surface area contributed by atoms with E-state index in [0.29, 0.717) is 24.4 Å². The summed E-state index contributed by atoms with van der Waals surface area (Å²) in [5.41, 5.74) is 3.47. The lowest BCUT2D eigenvalue weighted by Crippen LogP contribution is -2.18. The molecule has 5 heteroatoms. The van der Waals surface area contributed by atoms with Gasteiger partial charge in [-0.1, -0.05) is 6.07 Å². The number of hydrogen-bond donors (Lipinski definition) is 1. The number of aliphatic hydroxyl groups is 1. The van der Waals surface area contributed by atoms with Crippen molar-refractivity contribution in [2.45, 2.75) is 63.9 Å². The van der Waals surface area contributed by atoms with Gasteiger partial charge < -0.3 is 9.84 Å². The molecular weight excluding hydrogens is 326 g/mol. The summed E-state index contributed by atoms with van der Waals surface area (Å²) in [5.74, 6) is 2.89. The SMILES string of the molecule is Cc1ccc(C2C[C@@H]2COc2nc(C)ncc2C2CCC(O)CC2)nc1. The molecule has 0 bridgehead atoms. The van der Waals surface area contributed by atoms with Gasteiger partial charge in [-0.25, -0.2) is 4.98 Å². The van der Waals surface area contributed by atoms with Gasteiger partial charge in [-0.2, -0.15) is 4.98 Å². The number of ether oxygens (including phenoxy) is 1. The molecule has 2 aliphatic rings. The lowest BCUT2D eigenvalue weighted by atomic mass is 9.83. The van der Waals surface area contributed by atoms with E-state index in [1.54, 1.807) is 0 Å². The first-order valence-electron chi connectivity index (χ1n) is 9.67. The molecule has 0 amide bonds. The van der Waals surface area contributed by atoms with Crippen molar-refractivity contribution in [1.29, 1.82) is 0 Å². The highest BCUT2D eigenvalue weighted by atomic mass is 16.5. The van der Waals surface area contributed by atoms with Gasteiger partial charge in [0.2, 0.25) is 5.88 Å². The third-order valence-electron chi connectivity index (χ3n) is 5.71. The topological polar surface area (TPSA) is 68.1 Å². The molecule has 26 heavy (non-hydrogen) atoms. The van der Waals surface area contributed by atoms with Crippen molar-refractivity contribution in [3.8, 4) is 5.88 Å². The fourth-order valence-electron chi connectivity index (χ4n) is 3.92. The van der Waals surface area contributed by atoms with E-state index in [9.17, 15) is 5.11 Å². The number of aliphatic hydroxyl groups excluding tert-OH is 1. The van der Waals surface area contributed by atoms with Gasteiger partial charge in [-0.05, 0) is 63.5 Å². The summed E-state index contributed by atoms with van der Waals surface area (Å²) in [6.45, 7) is 4.64. The maximum atomic E-state index is 9.76. The van der Waals surface area contributed by atoms with E-state index in [0.717, 1.165) is 49.4 Å². The molecule has 2 fully saturated rings. The average molecular weight is 353 g/mol. The molecule has 2 aliphatic carbocycles. The second-order valence-corrected chi connectivity index (χ2v) is 7.86. The first kappa shape index (κ1) is 17.4. The lowest BCUT2D eigenvalue weighted by Gasteiger charge is -2.26. The molecule has 2 heterocycles. The molecule has 1 N–H and O–H groups in total. The summed E-state index contributed by atoms with van der Waals surface area (Å²) >= 11 is 0. The Kier molecular flexibility index (Phi) is 4.90. The summed E-state index contributed by atoms with van der Waals surface area (Å²) in [4.78, 5) is 13.5. The highest BCUT2D eigenvalue weighted by Gasteiger charge is 2.40. The average Bonchev–Trinajstić information content (AvgIpc) is 3.41. The quantitative estimate of drug-likeness (QED) is 0.888. The largest absolute Gasteiger partial charge is 0.477 e. The van der Waals surface area contributed by atoms with Crippen LogP contribution in [-0.2, 0) is 0 Å². The van der Waals surface area contributed by atoms with Gasteiger partial charge in [0.1, 0.15) is 5.82 Å². The smallest absolute Gasteiger partial charge is 0.220 e. The molecule has 5 nitrogen and oxygen atoms in total. The Bertz CT molecular complexity index is 754. The minimum Gasteiger partial charge on any atom is -0.477 e. The number of hydrogen-bond acceptors (Lipinski definition) is 5. The Balaban J connectivity index is 1.40. The zero-order valence-electron chi connectivity index (χ0n) is 15.6. The van der Waals surface area contributed by atoms with Gasteiger partial charge in [0.15, 0.2) is 0 Å². The fourth-order valence-corrected chi connectivity index (χ4v) is 3.92. The van der Waals surface area contributed by atoms with Crippen LogP contribution in [0.5, 0.6) is 5.88 Å². The van der Waals surface area contributed by atoms with Crippen LogP contribution in [0.3, 0.4) is 0 Å². The third-order valence-corrected chi connectivity index (χ3v) is 5.71. The Morgan fingerprint density at radius 1 is 1.08 bits per heavy atom. The lowest BCUT2D eigenvalue weighted by molar-refractivity contribution is 0.121. The molecule has 0 spiro atoms. The number of nitrogens with zero attached hydrogens (tertiary/aromatic N) is 3. The Morgan fingerprint density at radius 2 is 1.88 bits per heavy atom.